The van der Waals surface area contributed by atoms with Gasteiger partial charge in [0.15, 0.2) is 12.5 Å². The highest BCUT2D eigenvalue weighted by Gasteiger charge is 2.54. The second-order valence-corrected chi connectivity index (χ2v) is 14.6. The number of ether oxygens (including phenoxy) is 3. The summed E-state index contributed by atoms with van der Waals surface area (Å²) >= 11 is 0. The fourth-order valence-corrected chi connectivity index (χ4v) is 8.31. The third-order valence-corrected chi connectivity index (χ3v) is 10.1. The second kappa shape index (κ2) is 12.1. The van der Waals surface area contributed by atoms with E-state index in [1.807, 2.05) is 44.2 Å². The van der Waals surface area contributed by atoms with Gasteiger partial charge in [-0.1, -0.05) is 44.2 Å². The molecule has 2 aromatic rings. The first-order valence-electron chi connectivity index (χ1n) is 12.5. The molecule has 0 radical (unpaired) electrons. The maximum atomic E-state index is 12.7. The predicted molar refractivity (Wildman–Crippen MR) is 139 cm³/mol. The Morgan fingerprint density at radius 2 is 1.71 bits per heavy atom. The summed E-state index contributed by atoms with van der Waals surface area (Å²) in [5.41, 5.74) is -0.303. The van der Waals surface area contributed by atoms with Crippen molar-refractivity contribution in [2.45, 2.75) is 57.5 Å². The van der Waals surface area contributed by atoms with E-state index in [0.29, 0.717) is 12.8 Å². The van der Waals surface area contributed by atoms with E-state index in [0.717, 1.165) is 5.56 Å². The quantitative estimate of drug-likeness (QED) is 0.321. The number of H-pyrrole nitrogens is 1. The van der Waals surface area contributed by atoms with Gasteiger partial charge < -0.3 is 28.5 Å². The lowest BCUT2D eigenvalue weighted by Crippen LogP contribution is -2.36. The first-order chi connectivity index (χ1) is 17.9. The lowest BCUT2D eigenvalue weighted by Gasteiger charge is -2.22. The fourth-order valence-electron chi connectivity index (χ4n) is 4.40. The van der Waals surface area contributed by atoms with Crippen LogP contribution < -0.4 is 11.2 Å². The van der Waals surface area contributed by atoms with Gasteiger partial charge >= 0.3 is 13.3 Å². The van der Waals surface area contributed by atoms with E-state index in [9.17, 15) is 28.5 Å². The molecule has 0 saturated carbocycles. The SMILES string of the molecule is CC(C)CCP(=O)(O)CCP(=O)(O)OC[C@H]1O[C@@H](n2ccc(=O)[nH]c2=O)[C@H]2OC(Cc3ccccc3)OC12. The number of aromatic amines is 1. The maximum Gasteiger partial charge on any atom is 0.330 e. The number of hydrogen-bond acceptors (Lipinski definition) is 8. The van der Waals surface area contributed by atoms with Gasteiger partial charge in [-0.15, -0.1) is 0 Å². The van der Waals surface area contributed by atoms with E-state index in [1.54, 1.807) is 0 Å². The monoisotopic (exact) mass is 572 g/mol. The van der Waals surface area contributed by atoms with Crippen LogP contribution in [0.25, 0.3) is 0 Å². The third-order valence-electron chi connectivity index (χ3n) is 6.50. The molecule has 2 aliphatic heterocycles. The molecule has 2 saturated heterocycles. The summed E-state index contributed by atoms with van der Waals surface area (Å²) in [7, 11) is -7.79. The zero-order valence-corrected chi connectivity index (χ0v) is 23.0. The van der Waals surface area contributed by atoms with Crippen molar-refractivity contribution in [3.05, 3.63) is 69.0 Å². The van der Waals surface area contributed by atoms with E-state index in [1.165, 1.54) is 16.8 Å². The summed E-state index contributed by atoms with van der Waals surface area (Å²) in [6, 6.07) is 10.7. The van der Waals surface area contributed by atoms with Crippen LogP contribution in [0.3, 0.4) is 0 Å². The van der Waals surface area contributed by atoms with Gasteiger partial charge in [-0.05, 0) is 17.9 Å². The average molecular weight is 572 g/mol. The normalized spacial score (nSPS) is 28.2. The number of fused-ring (bicyclic) bond motifs is 1. The predicted octanol–water partition coefficient (Wildman–Crippen LogP) is 2.31. The topological polar surface area (TPSA) is 166 Å². The molecule has 38 heavy (non-hydrogen) atoms. The van der Waals surface area contributed by atoms with Crippen LogP contribution in [-0.4, -0.2) is 69.0 Å². The Bertz CT molecular complexity index is 1300. The Morgan fingerprint density at radius 1 is 1.00 bits per heavy atom. The first-order valence-corrected chi connectivity index (χ1v) is 16.3. The number of rotatable bonds is 12. The molecule has 4 rings (SSSR count). The summed E-state index contributed by atoms with van der Waals surface area (Å²) in [5.74, 6) is 0.238. The second-order valence-electron chi connectivity index (χ2n) is 10.0. The highest BCUT2D eigenvalue weighted by atomic mass is 31.2. The van der Waals surface area contributed by atoms with Crippen LogP contribution in [0.4, 0.5) is 0 Å². The van der Waals surface area contributed by atoms with Gasteiger partial charge in [-0.2, -0.15) is 0 Å². The number of nitrogens with one attached hydrogen (secondary N) is 1. The lowest BCUT2D eigenvalue weighted by molar-refractivity contribution is -0.150. The number of nitrogens with zero attached hydrogens (tertiary/aromatic N) is 1. The van der Waals surface area contributed by atoms with Gasteiger partial charge in [0.25, 0.3) is 5.56 Å². The Hall–Kier alpha value is -1.88. The molecule has 7 atom stereocenters. The molecule has 3 N–H and O–H groups in total. The number of hydrogen-bond donors (Lipinski definition) is 3. The van der Waals surface area contributed by atoms with E-state index < -0.39 is 63.2 Å². The molecule has 0 aliphatic carbocycles. The Kier molecular flexibility index (Phi) is 9.27. The minimum absolute atomic E-state index is 0.0732. The zero-order chi connectivity index (χ0) is 27.5. The van der Waals surface area contributed by atoms with E-state index >= 15 is 0 Å². The van der Waals surface area contributed by atoms with Crippen LogP contribution in [-0.2, 0) is 34.3 Å². The minimum atomic E-state index is -4.23. The highest BCUT2D eigenvalue weighted by molar-refractivity contribution is 7.60. The van der Waals surface area contributed by atoms with E-state index in [4.69, 9.17) is 18.7 Å². The molecule has 3 heterocycles. The Morgan fingerprint density at radius 3 is 2.39 bits per heavy atom. The third kappa shape index (κ3) is 7.61. The minimum Gasteiger partial charge on any atom is -0.346 e. The van der Waals surface area contributed by atoms with Crippen molar-refractivity contribution in [3.63, 3.8) is 0 Å². The number of benzene rings is 1. The lowest BCUT2D eigenvalue weighted by atomic mass is 10.1. The summed E-state index contributed by atoms with van der Waals surface area (Å²) < 4.78 is 49.6. The molecule has 1 aromatic heterocycles. The van der Waals surface area contributed by atoms with Crippen LogP contribution in [0.5, 0.6) is 0 Å². The molecular formula is C24H34N2O10P2. The summed E-state index contributed by atoms with van der Waals surface area (Å²) in [5, 5.41) is 0. The van der Waals surface area contributed by atoms with Gasteiger partial charge in [-0.3, -0.25) is 23.5 Å². The van der Waals surface area contributed by atoms with Crippen LogP contribution in [0.1, 0.15) is 32.1 Å². The van der Waals surface area contributed by atoms with Crippen LogP contribution in [0.2, 0.25) is 0 Å². The molecule has 2 aliphatic rings. The zero-order valence-electron chi connectivity index (χ0n) is 21.3. The average Bonchev–Trinajstić information content (AvgIpc) is 3.40. The molecule has 2 fully saturated rings. The molecule has 1 aromatic carbocycles. The van der Waals surface area contributed by atoms with E-state index in [-0.39, 0.29) is 24.8 Å². The molecule has 12 nitrogen and oxygen atoms in total. The molecule has 0 amide bonds. The first kappa shape index (κ1) is 29.1. The Balaban J connectivity index is 1.44. The van der Waals surface area contributed by atoms with Crippen molar-refractivity contribution >= 4 is 15.0 Å². The van der Waals surface area contributed by atoms with Gasteiger partial charge in [0.05, 0.1) is 12.8 Å². The van der Waals surface area contributed by atoms with Gasteiger partial charge in [0.2, 0.25) is 7.37 Å². The van der Waals surface area contributed by atoms with Crippen molar-refractivity contribution < 1.29 is 37.7 Å². The number of aromatic nitrogens is 2. The van der Waals surface area contributed by atoms with Gasteiger partial charge in [0, 0.05) is 31.0 Å². The molecule has 0 bridgehead atoms. The Labute approximate surface area is 219 Å². The van der Waals surface area contributed by atoms with Gasteiger partial charge in [0.1, 0.15) is 18.3 Å². The highest BCUT2D eigenvalue weighted by Crippen LogP contribution is 2.50. The van der Waals surface area contributed by atoms with Crippen LogP contribution in [0.15, 0.2) is 52.2 Å². The molecule has 210 valence electrons. The van der Waals surface area contributed by atoms with Crippen molar-refractivity contribution in [1.82, 2.24) is 9.55 Å². The summed E-state index contributed by atoms with van der Waals surface area (Å²) in [4.78, 5) is 46.6. The molecule has 0 spiro atoms. The molecule has 4 unspecified atom stereocenters. The standard InChI is InChI=1S/C24H34N2O10P2/c1-16(2)9-11-37(29,30)12-13-38(31,32)33-15-18-21-22(23(34-18)26-10-8-19(27)25-24(26)28)36-20(35-21)14-17-6-4-3-5-7-17/h3-8,10,16,18,20-23H,9,11-15H2,1-2H3,(H,29,30)(H,31,32)(H,25,27,28)/t18-,20?,21?,22+,23-/m1/s1. The van der Waals surface area contributed by atoms with Crippen molar-refractivity contribution in [2.24, 2.45) is 5.92 Å². The van der Waals surface area contributed by atoms with Crippen molar-refractivity contribution in [2.75, 3.05) is 25.1 Å². The van der Waals surface area contributed by atoms with Crippen molar-refractivity contribution in [1.29, 1.82) is 0 Å². The van der Waals surface area contributed by atoms with Crippen LogP contribution in [0, 0.1) is 5.92 Å². The largest absolute Gasteiger partial charge is 0.346 e. The van der Waals surface area contributed by atoms with Crippen molar-refractivity contribution in [3.8, 4) is 0 Å². The smallest absolute Gasteiger partial charge is 0.330 e. The van der Waals surface area contributed by atoms with Crippen LogP contribution >= 0.6 is 15.0 Å². The fraction of sp³-hybridized carbons (Fsp3) is 0.583. The molecular weight excluding hydrogens is 538 g/mol. The van der Waals surface area contributed by atoms with E-state index in [2.05, 4.69) is 4.98 Å². The van der Waals surface area contributed by atoms with Gasteiger partial charge in [-0.25, -0.2) is 4.79 Å². The molecule has 14 heteroatoms. The summed E-state index contributed by atoms with van der Waals surface area (Å²) in [6.45, 7) is 3.50. The summed E-state index contributed by atoms with van der Waals surface area (Å²) in [6.07, 6.45) is -2.51. The maximum absolute atomic E-state index is 12.7.